The number of anilines is 1. The molecule has 4 rings (SSSR count). The van der Waals surface area contributed by atoms with Crippen molar-refractivity contribution in [2.24, 2.45) is 0 Å². The third kappa shape index (κ3) is 4.99. The first-order chi connectivity index (χ1) is 15.0. The highest BCUT2D eigenvalue weighted by Gasteiger charge is 2.30. The molecule has 1 saturated heterocycles. The summed E-state index contributed by atoms with van der Waals surface area (Å²) in [7, 11) is 1.64. The molecule has 1 aromatic heterocycles. The van der Waals surface area contributed by atoms with Gasteiger partial charge in [0.15, 0.2) is 0 Å². The van der Waals surface area contributed by atoms with Gasteiger partial charge in [0.1, 0.15) is 0 Å². The van der Waals surface area contributed by atoms with Gasteiger partial charge in [-0.05, 0) is 59.5 Å². The normalized spacial score (nSPS) is 18.8. The largest absolute Gasteiger partial charge is 0.389 e. The van der Waals surface area contributed by atoms with Gasteiger partial charge in [-0.15, -0.1) is 0 Å². The molecule has 0 radical (unpaired) electrons. The van der Waals surface area contributed by atoms with E-state index in [0.717, 1.165) is 35.5 Å². The molecule has 1 aliphatic heterocycles. The molecule has 0 bridgehead atoms. The van der Waals surface area contributed by atoms with E-state index in [4.69, 9.17) is 4.74 Å². The first-order valence-electron chi connectivity index (χ1n) is 10.4. The maximum absolute atomic E-state index is 12.4. The van der Waals surface area contributed by atoms with E-state index in [1.807, 2.05) is 19.1 Å². The topological polar surface area (TPSA) is 74.7 Å². The quantitative estimate of drug-likeness (QED) is 0.642. The Hall–Kier alpha value is -3.06. The number of carbonyl (C=O) groups is 1. The highest BCUT2D eigenvalue weighted by atomic mass is 16.5. The molecule has 0 spiro atoms. The third-order valence-electron chi connectivity index (χ3n) is 5.68. The number of nitrogens with one attached hydrogen (secondary N) is 1. The van der Waals surface area contributed by atoms with Crippen molar-refractivity contribution in [1.82, 2.24) is 9.88 Å². The second kappa shape index (κ2) is 9.39. The van der Waals surface area contributed by atoms with E-state index >= 15 is 0 Å². The van der Waals surface area contributed by atoms with Crippen molar-refractivity contribution in [2.45, 2.75) is 25.7 Å². The van der Waals surface area contributed by atoms with Crippen LogP contribution in [0.5, 0.6) is 0 Å². The van der Waals surface area contributed by atoms with Gasteiger partial charge in [0.2, 0.25) is 0 Å². The molecule has 31 heavy (non-hydrogen) atoms. The van der Waals surface area contributed by atoms with Gasteiger partial charge in [0, 0.05) is 44.8 Å². The summed E-state index contributed by atoms with van der Waals surface area (Å²) in [5, 5.41) is 13.0. The Labute approximate surface area is 182 Å². The molecule has 160 valence electrons. The Balaban J connectivity index is 1.47. The maximum Gasteiger partial charge on any atom is 0.257 e. The second-order valence-electron chi connectivity index (χ2n) is 7.96. The minimum Gasteiger partial charge on any atom is -0.389 e. The molecule has 0 unspecified atom stereocenters. The number of methoxy groups -OCH3 is 1. The van der Waals surface area contributed by atoms with Crippen molar-refractivity contribution in [3.05, 3.63) is 83.7 Å². The lowest BCUT2D eigenvalue weighted by Gasteiger charge is -2.16. The van der Waals surface area contributed by atoms with Gasteiger partial charge in [0.25, 0.3) is 5.91 Å². The van der Waals surface area contributed by atoms with Crippen LogP contribution in [0.3, 0.4) is 0 Å². The van der Waals surface area contributed by atoms with Gasteiger partial charge in [0.05, 0.1) is 17.8 Å². The smallest absolute Gasteiger partial charge is 0.257 e. The zero-order chi connectivity index (χ0) is 21.8. The highest BCUT2D eigenvalue weighted by Crippen LogP contribution is 2.27. The number of aliphatic hydroxyl groups is 1. The van der Waals surface area contributed by atoms with Crippen LogP contribution in [0.2, 0.25) is 0 Å². The molecule has 1 aliphatic rings. The Kier molecular flexibility index (Phi) is 6.42. The van der Waals surface area contributed by atoms with Crippen LogP contribution in [0, 0.1) is 6.92 Å². The number of benzene rings is 2. The SMILES string of the molecule is CO[C@H]1CN(Cc2cccc(-c3ccc(NC(=O)c4cccnc4)c(C)c3)c2)C[C@@H]1O. The first kappa shape index (κ1) is 21.2. The van der Waals surface area contributed by atoms with E-state index in [1.54, 1.807) is 31.6 Å². The van der Waals surface area contributed by atoms with E-state index in [-0.39, 0.29) is 12.0 Å². The van der Waals surface area contributed by atoms with E-state index in [9.17, 15) is 9.90 Å². The van der Waals surface area contributed by atoms with E-state index in [2.05, 4.69) is 45.5 Å². The van der Waals surface area contributed by atoms with Crippen LogP contribution < -0.4 is 5.32 Å². The number of aryl methyl sites for hydroxylation is 1. The molecule has 6 heteroatoms. The fourth-order valence-corrected chi connectivity index (χ4v) is 3.98. The van der Waals surface area contributed by atoms with Gasteiger partial charge >= 0.3 is 0 Å². The molecular formula is C25H27N3O3. The van der Waals surface area contributed by atoms with Crippen LogP contribution in [0.25, 0.3) is 11.1 Å². The Morgan fingerprint density at radius 2 is 2.00 bits per heavy atom. The number of ether oxygens (including phenoxy) is 1. The molecule has 0 saturated carbocycles. The van der Waals surface area contributed by atoms with Crippen molar-refractivity contribution in [1.29, 1.82) is 0 Å². The number of rotatable bonds is 6. The molecule has 1 fully saturated rings. The summed E-state index contributed by atoms with van der Waals surface area (Å²) in [6, 6.07) is 17.9. The lowest BCUT2D eigenvalue weighted by molar-refractivity contribution is 0.0215. The zero-order valence-electron chi connectivity index (χ0n) is 17.8. The lowest BCUT2D eigenvalue weighted by atomic mass is 10.00. The predicted octanol–water partition coefficient (Wildman–Crippen LogP) is 3.50. The summed E-state index contributed by atoms with van der Waals surface area (Å²) in [4.78, 5) is 18.6. The number of hydrogen-bond donors (Lipinski definition) is 2. The van der Waals surface area contributed by atoms with Crippen molar-refractivity contribution in [3.8, 4) is 11.1 Å². The highest BCUT2D eigenvalue weighted by molar-refractivity contribution is 6.04. The minimum absolute atomic E-state index is 0.125. The Morgan fingerprint density at radius 3 is 2.71 bits per heavy atom. The molecular weight excluding hydrogens is 390 g/mol. The Bertz CT molecular complexity index is 1050. The van der Waals surface area contributed by atoms with Crippen LogP contribution in [-0.4, -0.2) is 53.3 Å². The summed E-state index contributed by atoms with van der Waals surface area (Å²) in [5.74, 6) is -0.173. The van der Waals surface area contributed by atoms with Gasteiger partial charge in [-0.3, -0.25) is 14.7 Å². The summed E-state index contributed by atoms with van der Waals surface area (Å²) in [5.41, 5.74) is 5.70. The number of aliphatic hydroxyl groups excluding tert-OH is 1. The molecule has 2 atom stereocenters. The van der Waals surface area contributed by atoms with Gasteiger partial charge < -0.3 is 15.2 Å². The standard InChI is InChI=1S/C25H27N3O3/c1-17-11-20(8-9-22(17)27-25(30)21-7-4-10-26-13-21)19-6-3-5-18(12-19)14-28-15-23(29)24(16-28)31-2/h3-13,23-24,29H,14-16H2,1-2H3,(H,27,30)/t23-,24-/m0/s1. The second-order valence-corrected chi connectivity index (χ2v) is 7.96. The Morgan fingerprint density at radius 1 is 1.16 bits per heavy atom. The number of pyridine rings is 1. The monoisotopic (exact) mass is 417 g/mol. The third-order valence-corrected chi connectivity index (χ3v) is 5.68. The first-order valence-corrected chi connectivity index (χ1v) is 10.4. The van der Waals surface area contributed by atoms with Crippen LogP contribution in [0.15, 0.2) is 67.0 Å². The number of β-amino-alcohol motifs (C(OH)–C–C–N with tert-alkyl or cyclic N) is 1. The lowest BCUT2D eigenvalue weighted by Crippen LogP contribution is -2.25. The van der Waals surface area contributed by atoms with E-state index in [0.29, 0.717) is 12.1 Å². The molecule has 2 aromatic carbocycles. The predicted molar refractivity (Wildman–Crippen MR) is 121 cm³/mol. The summed E-state index contributed by atoms with van der Waals surface area (Å²) in [6.45, 7) is 4.10. The van der Waals surface area contributed by atoms with Crippen molar-refractivity contribution in [3.63, 3.8) is 0 Å². The summed E-state index contributed by atoms with van der Waals surface area (Å²) in [6.07, 6.45) is 2.64. The number of hydrogen-bond acceptors (Lipinski definition) is 5. The van der Waals surface area contributed by atoms with Gasteiger partial charge in [-0.25, -0.2) is 0 Å². The number of amides is 1. The number of aromatic nitrogens is 1. The molecule has 2 heterocycles. The van der Waals surface area contributed by atoms with Gasteiger partial charge in [-0.2, -0.15) is 0 Å². The van der Waals surface area contributed by atoms with Crippen LogP contribution in [-0.2, 0) is 11.3 Å². The fraction of sp³-hybridized carbons (Fsp3) is 0.280. The average molecular weight is 418 g/mol. The summed E-state index contributed by atoms with van der Waals surface area (Å²) >= 11 is 0. The maximum atomic E-state index is 12.4. The van der Waals surface area contributed by atoms with E-state index in [1.165, 1.54) is 5.56 Å². The molecule has 0 aliphatic carbocycles. The van der Waals surface area contributed by atoms with Crippen molar-refractivity contribution >= 4 is 11.6 Å². The molecule has 2 N–H and O–H groups in total. The minimum atomic E-state index is -0.440. The van der Waals surface area contributed by atoms with Crippen LogP contribution in [0.4, 0.5) is 5.69 Å². The molecule has 3 aromatic rings. The van der Waals surface area contributed by atoms with Crippen LogP contribution in [0.1, 0.15) is 21.5 Å². The van der Waals surface area contributed by atoms with Crippen LogP contribution >= 0.6 is 0 Å². The van der Waals surface area contributed by atoms with Crippen molar-refractivity contribution in [2.75, 3.05) is 25.5 Å². The fourth-order valence-electron chi connectivity index (χ4n) is 3.98. The van der Waals surface area contributed by atoms with Gasteiger partial charge in [-0.1, -0.05) is 24.3 Å². The zero-order valence-corrected chi connectivity index (χ0v) is 17.8. The number of likely N-dealkylation sites (tertiary alicyclic amines) is 1. The average Bonchev–Trinajstić information content (AvgIpc) is 3.14. The van der Waals surface area contributed by atoms with E-state index < -0.39 is 6.10 Å². The number of nitrogens with zero attached hydrogens (tertiary/aromatic N) is 2. The number of carbonyl (C=O) groups excluding carboxylic acids is 1. The summed E-state index contributed by atoms with van der Waals surface area (Å²) < 4.78 is 5.34. The molecule has 6 nitrogen and oxygen atoms in total. The molecule has 1 amide bonds. The van der Waals surface area contributed by atoms with Crippen molar-refractivity contribution < 1.29 is 14.6 Å².